The molecule has 1 aromatic rings. The second-order valence-corrected chi connectivity index (χ2v) is 5.38. The van der Waals surface area contributed by atoms with E-state index in [1.54, 1.807) is 6.20 Å². The van der Waals surface area contributed by atoms with Gasteiger partial charge in [0.1, 0.15) is 11.0 Å². The Kier molecular flexibility index (Phi) is 5.58. The molecule has 0 aliphatic rings. The van der Waals surface area contributed by atoms with Gasteiger partial charge in [0.25, 0.3) is 5.56 Å². The van der Waals surface area contributed by atoms with Crippen molar-refractivity contribution in [1.82, 2.24) is 9.78 Å². The van der Waals surface area contributed by atoms with Gasteiger partial charge in [-0.1, -0.05) is 5.92 Å². The maximum absolute atomic E-state index is 11.9. The van der Waals surface area contributed by atoms with Gasteiger partial charge in [-0.15, -0.1) is 6.42 Å². The third-order valence-electron chi connectivity index (χ3n) is 2.47. The first kappa shape index (κ1) is 15.7. The smallest absolute Gasteiger partial charge is 0.284 e. The lowest BCUT2D eigenvalue weighted by molar-refractivity contribution is 0.000681. The molecular formula is C13H18BrN3O2. The van der Waals surface area contributed by atoms with E-state index in [9.17, 15) is 4.79 Å². The van der Waals surface area contributed by atoms with Crippen LogP contribution in [0.4, 0.5) is 5.69 Å². The minimum Gasteiger partial charge on any atom is -0.380 e. The Morgan fingerprint density at radius 3 is 2.89 bits per heavy atom. The molecule has 0 saturated carbocycles. The molecule has 0 radical (unpaired) electrons. The number of halogens is 1. The van der Waals surface area contributed by atoms with Crippen molar-refractivity contribution in [1.29, 1.82) is 0 Å². The van der Waals surface area contributed by atoms with E-state index < -0.39 is 0 Å². The average molecular weight is 328 g/mol. The number of hydrogen-bond donors (Lipinski definition) is 1. The predicted octanol–water partition coefficient (Wildman–Crippen LogP) is 1.87. The van der Waals surface area contributed by atoms with E-state index in [-0.39, 0.29) is 17.7 Å². The molecule has 1 rings (SSSR count). The molecule has 6 heteroatoms. The van der Waals surface area contributed by atoms with Crippen LogP contribution >= 0.6 is 15.9 Å². The van der Waals surface area contributed by atoms with E-state index in [1.807, 2.05) is 20.8 Å². The lowest BCUT2D eigenvalue weighted by Gasteiger charge is -2.25. The summed E-state index contributed by atoms with van der Waals surface area (Å²) >= 11 is 3.26. The number of nitrogens with one attached hydrogen (secondary N) is 1. The minimum atomic E-state index is -0.318. The van der Waals surface area contributed by atoms with Gasteiger partial charge in [0.2, 0.25) is 0 Å². The maximum atomic E-state index is 11.9. The van der Waals surface area contributed by atoms with Crippen LogP contribution in [0, 0.1) is 12.3 Å². The molecule has 1 N–H and O–H groups in total. The Morgan fingerprint density at radius 1 is 1.63 bits per heavy atom. The minimum absolute atomic E-state index is 0.155. The van der Waals surface area contributed by atoms with Gasteiger partial charge >= 0.3 is 0 Å². The predicted molar refractivity (Wildman–Crippen MR) is 79.2 cm³/mol. The standard InChI is InChI=1S/C13H18BrN3O2/c1-5-7-17-12(18)11(14)10(8-16-17)15-9-13(3,4)19-6-2/h1,8,15H,6-7,9H2,2-4H3. The Hall–Kier alpha value is -1.32. The van der Waals surface area contributed by atoms with E-state index in [4.69, 9.17) is 11.2 Å². The molecule has 5 nitrogen and oxygen atoms in total. The topological polar surface area (TPSA) is 56.1 Å². The summed E-state index contributed by atoms with van der Waals surface area (Å²) in [5.41, 5.74) is 0.0604. The number of anilines is 1. The molecular weight excluding hydrogens is 310 g/mol. The van der Waals surface area contributed by atoms with E-state index in [0.29, 0.717) is 23.3 Å². The third kappa shape index (κ3) is 4.37. The van der Waals surface area contributed by atoms with Crippen LogP contribution in [0.15, 0.2) is 15.5 Å². The first-order valence-electron chi connectivity index (χ1n) is 5.98. The molecule has 104 valence electrons. The van der Waals surface area contributed by atoms with Gasteiger partial charge in [-0.3, -0.25) is 4.79 Å². The molecule has 19 heavy (non-hydrogen) atoms. The van der Waals surface area contributed by atoms with Crippen LogP contribution in [0.25, 0.3) is 0 Å². The number of rotatable bonds is 6. The summed E-state index contributed by atoms with van der Waals surface area (Å²) in [6, 6.07) is 0. The lowest BCUT2D eigenvalue weighted by Crippen LogP contribution is -2.34. The number of ether oxygens (including phenoxy) is 1. The summed E-state index contributed by atoms with van der Waals surface area (Å²) in [4.78, 5) is 11.9. The van der Waals surface area contributed by atoms with Gasteiger partial charge in [0.05, 0.1) is 17.5 Å². The van der Waals surface area contributed by atoms with E-state index in [1.165, 1.54) is 4.68 Å². The Balaban J connectivity index is 2.84. The fraction of sp³-hybridized carbons (Fsp3) is 0.538. The van der Waals surface area contributed by atoms with Crippen LogP contribution in [-0.4, -0.2) is 28.5 Å². The van der Waals surface area contributed by atoms with Crippen molar-refractivity contribution in [2.75, 3.05) is 18.5 Å². The Bertz CT molecular complexity index is 532. The number of nitrogens with zero attached hydrogens (tertiary/aromatic N) is 2. The van der Waals surface area contributed by atoms with Gasteiger partial charge in [0.15, 0.2) is 0 Å². The molecule has 0 amide bonds. The zero-order valence-corrected chi connectivity index (χ0v) is 13.0. The molecule has 0 unspecified atom stereocenters. The largest absolute Gasteiger partial charge is 0.380 e. The van der Waals surface area contributed by atoms with Crippen LogP contribution in [0.1, 0.15) is 20.8 Å². The second kappa shape index (κ2) is 6.73. The van der Waals surface area contributed by atoms with Crippen LogP contribution in [0.2, 0.25) is 0 Å². The van der Waals surface area contributed by atoms with E-state index in [2.05, 4.69) is 32.3 Å². The van der Waals surface area contributed by atoms with Crippen molar-refractivity contribution in [3.8, 4) is 12.3 Å². The number of hydrogen-bond acceptors (Lipinski definition) is 4. The SMILES string of the molecule is C#CCn1ncc(NCC(C)(C)OCC)c(Br)c1=O. The summed E-state index contributed by atoms with van der Waals surface area (Å²) < 4.78 is 7.22. The van der Waals surface area contributed by atoms with E-state index >= 15 is 0 Å². The van der Waals surface area contributed by atoms with Gasteiger partial charge in [-0.25, -0.2) is 4.68 Å². The Labute approximate surface area is 121 Å². The summed E-state index contributed by atoms with van der Waals surface area (Å²) in [6.07, 6.45) is 6.74. The maximum Gasteiger partial charge on any atom is 0.284 e. The fourth-order valence-corrected chi connectivity index (χ4v) is 1.98. The van der Waals surface area contributed by atoms with Crippen LogP contribution in [0.5, 0.6) is 0 Å². The van der Waals surface area contributed by atoms with Crippen molar-refractivity contribution in [3.05, 3.63) is 21.0 Å². The van der Waals surface area contributed by atoms with Crippen molar-refractivity contribution >= 4 is 21.6 Å². The normalized spacial score (nSPS) is 11.1. The van der Waals surface area contributed by atoms with Crippen LogP contribution in [0.3, 0.4) is 0 Å². The van der Waals surface area contributed by atoms with Gasteiger partial charge in [-0.05, 0) is 36.7 Å². The monoisotopic (exact) mass is 327 g/mol. The highest BCUT2D eigenvalue weighted by atomic mass is 79.9. The highest BCUT2D eigenvalue weighted by molar-refractivity contribution is 9.10. The van der Waals surface area contributed by atoms with Crippen molar-refractivity contribution in [2.45, 2.75) is 32.9 Å². The Morgan fingerprint density at radius 2 is 2.32 bits per heavy atom. The molecule has 0 aromatic carbocycles. The molecule has 0 saturated heterocycles. The zero-order chi connectivity index (χ0) is 14.5. The van der Waals surface area contributed by atoms with Gasteiger partial charge < -0.3 is 10.1 Å². The van der Waals surface area contributed by atoms with Gasteiger partial charge in [-0.2, -0.15) is 5.10 Å². The summed E-state index contributed by atoms with van der Waals surface area (Å²) in [7, 11) is 0. The average Bonchev–Trinajstić information content (AvgIpc) is 2.34. The highest BCUT2D eigenvalue weighted by Gasteiger charge is 2.18. The molecule has 1 aromatic heterocycles. The fourth-order valence-electron chi connectivity index (χ4n) is 1.54. The molecule has 0 atom stereocenters. The molecule has 0 fully saturated rings. The summed E-state index contributed by atoms with van der Waals surface area (Å²) in [5, 5.41) is 7.15. The number of terminal acetylenes is 1. The zero-order valence-electron chi connectivity index (χ0n) is 11.4. The molecule has 0 aliphatic carbocycles. The van der Waals surface area contributed by atoms with Crippen molar-refractivity contribution in [2.24, 2.45) is 0 Å². The number of aromatic nitrogens is 2. The first-order chi connectivity index (χ1) is 8.91. The van der Waals surface area contributed by atoms with Crippen molar-refractivity contribution in [3.63, 3.8) is 0 Å². The second-order valence-electron chi connectivity index (χ2n) is 4.59. The summed E-state index contributed by atoms with van der Waals surface area (Å²) in [5.74, 6) is 2.38. The molecule has 0 aliphatic heterocycles. The van der Waals surface area contributed by atoms with Crippen LogP contribution < -0.4 is 10.9 Å². The third-order valence-corrected chi connectivity index (χ3v) is 3.23. The summed E-state index contributed by atoms with van der Waals surface area (Å²) in [6.45, 7) is 7.26. The first-order valence-corrected chi connectivity index (χ1v) is 6.77. The lowest BCUT2D eigenvalue weighted by atomic mass is 10.1. The van der Waals surface area contributed by atoms with Gasteiger partial charge in [0, 0.05) is 13.2 Å². The van der Waals surface area contributed by atoms with E-state index in [0.717, 1.165) is 0 Å². The highest BCUT2D eigenvalue weighted by Crippen LogP contribution is 2.18. The van der Waals surface area contributed by atoms with Crippen molar-refractivity contribution < 1.29 is 4.74 Å². The molecule has 0 bridgehead atoms. The molecule has 1 heterocycles. The van der Waals surface area contributed by atoms with Crippen LogP contribution in [-0.2, 0) is 11.3 Å². The molecule has 0 spiro atoms. The quantitative estimate of drug-likeness (QED) is 0.810.